The van der Waals surface area contributed by atoms with Crippen LogP contribution in [0.25, 0.3) is 11.3 Å². The van der Waals surface area contributed by atoms with E-state index < -0.39 is 0 Å². The van der Waals surface area contributed by atoms with E-state index in [4.69, 9.17) is 15.2 Å². The van der Waals surface area contributed by atoms with Crippen molar-refractivity contribution in [2.45, 2.75) is 0 Å². The van der Waals surface area contributed by atoms with Crippen molar-refractivity contribution < 1.29 is 14.3 Å². The van der Waals surface area contributed by atoms with E-state index in [-0.39, 0.29) is 5.91 Å². The Bertz CT molecular complexity index is 891. The highest BCUT2D eigenvalue weighted by Gasteiger charge is 2.11. The molecule has 0 saturated carbocycles. The van der Waals surface area contributed by atoms with E-state index in [1.54, 1.807) is 25.3 Å². The van der Waals surface area contributed by atoms with Gasteiger partial charge in [0.25, 0.3) is 5.91 Å². The SMILES string of the molecule is COc1ccc(C(=O)Nc2ccc(-c3csc(N)n3)cc2)cc1OC. The molecule has 0 saturated heterocycles. The number of carbonyl (C=O) groups excluding carboxylic acids is 1. The first-order valence-corrected chi connectivity index (χ1v) is 8.33. The summed E-state index contributed by atoms with van der Waals surface area (Å²) in [6, 6.07) is 12.4. The van der Waals surface area contributed by atoms with Gasteiger partial charge in [-0.05, 0) is 30.3 Å². The van der Waals surface area contributed by atoms with Gasteiger partial charge in [0.05, 0.1) is 19.9 Å². The number of rotatable bonds is 5. The first-order valence-electron chi connectivity index (χ1n) is 7.45. The van der Waals surface area contributed by atoms with Gasteiger partial charge in [0.1, 0.15) is 0 Å². The van der Waals surface area contributed by atoms with Crippen LogP contribution in [0.2, 0.25) is 0 Å². The lowest BCUT2D eigenvalue weighted by Crippen LogP contribution is -2.12. The molecule has 2 aromatic carbocycles. The van der Waals surface area contributed by atoms with E-state index in [9.17, 15) is 4.79 Å². The van der Waals surface area contributed by atoms with Crippen molar-refractivity contribution in [3.8, 4) is 22.8 Å². The molecule has 0 unspecified atom stereocenters. The van der Waals surface area contributed by atoms with E-state index in [1.807, 2.05) is 29.6 Å². The second-order valence-corrected chi connectivity index (χ2v) is 6.06. The van der Waals surface area contributed by atoms with Crippen LogP contribution in [0, 0.1) is 0 Å². The average Bonchev–Trinajstić information content (AvgIpc) is 3.08. The molecule has 3 aromatic rings. The molecule has 0 bridgehead atoms. The van der Waals surface area contributed by atoms with Crippen LogP contribution < -0.4 is 20.5 Å². The number of hydrogen-bond acceptors (Lipinski definition) is 6. The Labute approximate surface area is 149 Å². The molecule has 0 fully saturated rings. The highest BCUT2D eigenvalue weighted by atomic mass is 32.1. The molecule has 1 aromatic heterocycles. The zero-order valence-corrected chi connectivity index (χ0v) is 14.6. The van der Waals surface area contributed by atoms with E-state index in [0.717, 1.165) is 11.3 Å². The van der Waals surface area contributed by atoms with Gasteiger partial charge in [-0.15, -0.1) is 11.3 Å². The fourth-order valence-corrected chi connectivity index (χ4v) is 2.90. The summed E-state index contributed by atoms with van der Waals surface area (Å²) >= 11 is 1.39. The normalized spacial score (nSPS) is 10.3. The maximum atomic E-state index is 12.4. The summed E-state index contributed by atoms with van der Waals surface area (Å²) in [5.74, 6) is 0.851. The quantitative estimate of drug-likeness (QED) is 0.729. The van der Waals surface area contributed by atoms with E-state index >= 15 is 0 Å². The number of aromatic nitrogens is 1. The van der Waals surface area contributed by atoms with Crippen LogP contribution in [0.15, 0.2) is 47.8 Å². The van der Waals surface area contributed by atoms with Gasteiger partial charge in [0, 0.05) is 22.2 Å². The number of nitrogens with two attached hydrogens (primary N) is 1. The number of methoxy groups -OCH3 is 2. The Hall–Kier alpha value is -3.06. The molecule has 3 rings (SSSR count). The molecule has 0 atom stereocenters. The largest absolute Gasteiger partial charge is 0.493 e. The summed E-state index contributed by atoms with van der Waals surface area (Å²) in [5, 5.41) is 5.28. The fourth-order valence-electron chi connectivity index (χ4n) is 2.33. The summed E-state index contributed by atoms with van der Waals surface area (Å²) in [5.41, 5.74) is 8.58. The van der Waals surface area contributed by atoms with Crippen LogP contribution in [0.3, 0.4) is 0 Å². The average molecular weight is 355 g/mol. The number of hydrogen-bond donors (Lipinski definition) is 2. The Morgan fingerprint density at radius 1 is 1.08 bits per heavy atom. The number of nitrogen functional groups attached to an aromatic ring is 1. The predicted octanol–water partition coefficient (Wildman–Crippen LogP) is 3.66. The van der Waals surface area contributed by atoms with Gasteiger partial charge >= 0.3 is 0 Å². The molecule has 0 aliphatic heterocycles. The minimum absolute atomic E-state index is 0.230. The molecule has 0 aliphatic carbocycles. The van der Waals surface area contributed by atoms with E-state index in [2.05, 4.69) is 10.3 Å². The second-order valence-electron chi connectivity index (χ2n) is 5.17. The molecular weight excluding hydrogens is 338 g/mol. The first kappa shape index (κ1) is 16.8. The molecule has 0 aliphatic rings. The molecular formula is C18H17N3O3S. The van der Waals surface area contributed by atoms with Crippen LogP contribution in [-0.2, 0) is 0 Å². The van der Waals surface area contributed by atoms with Gasteiger partial charge in [-0.2, -0.15) is 0 Å². The minimum Gasteiger partial charge on any atom is -0.493 e. The maximum absolute atomic E-state index is 12.4. The summed E-state index contributed by atoms with van der Waals surface area (Å²) in [6.45, 7) is 0. The molecule has 25 heavy (non-hydrogen) atoms. The van der Waals surface area contributed by atoms with Crippen molar-refractivity contribution in [1.29, 1.82) is 0 Å². The van der Waals surface area contributed by atoms with Gasteiger partial charge in [0.2, 0.25) is 0 Å². The lowest BCUT2D eigenvalue weighted by molar-refractivity contribution is 0.102. The minimum atomic E-state index is -0.230. The zero-order chi connectivity index (χ0) is 17.8. The smallest absolute Gasteiger partial charge is 0.255 e. The number of amides is 1. The number of nitrogens with one attached hydrogen (secondary N) is 1. The summed E-state index contributed by atoms with van der Waals surface area (Å²) in [4.78, 5) is 16.6. The number of thiazole rings is 1. The van der Waals surface area contributed by atoms with Crippen LogP contribution >= 0.6 is 11.3 Å². The highest BCUT2D eigenvalue weighted by Crippen LogP contribution is 2.28. The highest BCUT2D eigenvalue weighted by molar-refractivity contribution is 7.13. The third-order valence-electron chi connectivity index (χ3n) is 3.61. The third-order valence-corrected chi connectivity index (χ3v) is 4.28. The van der Waals surface area contributed by atoms with Crippen LogP contribution in [0.5, 0.6) is 11.5 Å². The van der Waals surface area contributed by atoms with Gasteiger partial charge in [0.15, 0.2) is 16.6 Å². The molecule has 6 nitrogen and oxygen atoms in total. The molecule has 0 radical (unpaired) electrons. The van der Waals surface area contributed by atoms with E-state index in [0.29, 0.717) is 27.9 Å². The van der Waals surface area contributed by atoms with Crippen LogP contribution in [-0.4, -0.2) is 25.1 Å². The van der Waals surface area contributed by atoms with Crippen molar-refractivity contribution in [3.05, 3.63) is 53.4 Å². The van der Waals surface area contributed by atoms with Crippen LogP contribution in [0.1, 0.15) is 10.4 Å². The molecule has 128 valence electrons. The number of nitrogens with zero attached hydrogens (tertiary/aromatic N) is 1. The standard InChI is InChI=1S/C18H17N3O3S/c1-23-15-8-5-12(9-16(15)24-2)17(22)20-13-6-3-11(4-7-13)14-10-25-18(19)21-14/h3-10H,1-2H3,(H2,19,21)(H,20,22). The second kappa shape index (κ2) is 7.23. The van der Waals surface area contributed by atoms with Crippen molar-refractivity contribution >= 4 is 28.1 Å². The molecule has 1 amide bonds. The Morgan fingerprint density at radius 2 is 1.80 bits per heavy atom. The first-order chi connectivity index (χ1) is 12.1. The number of anilines is 2. The molecule has 7 heteroatoms. The predicted molar refractivity (Wildman–Crippen MR) is 99.5 cm³/mol. The molecule has 1 heterocycles. The fraction of sp³-hybridized carbons (Fsp3) is 0.111. The Morgan fingerprint density at radius 3 is 2.40 bits per heavy atom. The van der Waals surface area contributed by atoms with E-state index in [1.165, 1.54) is 18.4 Å². The molecule has 3 N–H and O–H groups in total. The lowest BCUT2D eigenvalue weighted by atomic mass is 10.1. The van der Waals surface area contributed by atoms with Crippen LogP contribution in [0.4, 0.5) is 10.8 Å². The summed E-state index contributed by atoms with van der Waals surface area (Å²) in [6.07, 6.45) is 0. The van der Waals surface area contributed by atoms with Crippen molar-refractivity contribution in [2.24, 2.45) is 0 Å². The topological polar surface area (TPSA) is 86.5 Å². The van der Waals surface area contributed by atoms with Crippen molar-refractivity contribution in [1.82, 2.24) is 4.98 Å². The Kier molecular flexibility index (Phi) is 4.85. The lowest BCUT2D eigenvalue weighted by Gasteiger charge is -2.10. The third kappa shape index (κ3) is 3.72. The monoisotopic (exact) mass is 355 g/mol. The van der Waals surface area contributed by atoms with Gasteiger partial charge in [-0.25, -0.2) is 4.98 Å². The summed E-state index contributed by atoms with van der Waals surface area (Å²) in [7, 11) is 3.08. The number of carbonyl (C=O) groups is 1. The maximum Gasteiger partial charge on any atom is 0.255 e. The zero-order valence-electron chi connectivity index (χ0n) is 13.8. The van der Waals surface area contributed by atoms with Crippen molar-refractivity contribution in [2.75, 3.05) is 25.3 Å². The van der Waals surface area contributed by atoms with Gasteiger partial charge in [-0.3, -0.25) is 4.79 Å². The van der Waals surface area contributed by atoms with Gasteiger partial charge in [-0.1, -0.05) is 12.1 Å². The number of benzene rings is 2. The summed E-state index contributed by atoms with van der Waals surface area (Å²) < 4.78 is 10.4. The molecule has 0 spiro atoms. The number of ether oxygens (including phenoxy) is 2. The Balaban J connectivity index is 1.74. The van der Waals surface area contributed by atoms with Gasteiger partial charge < -0.3 is 20.5 Å². The van der Waals surface area contributed by atoms with Crippen molar-refractivity contribution in [3.63, 3.8) is 0 Å².